The van der Waals surface area contributed by atoms with E-state index in [-0.39, 0.29) is 5.56 Å². The molecule has 26 heavy (non-hydrogen) atoms. The van der Waals surface area contributed by atoms with Gasteiger partial charge in [-0.1, -0.05) is 31.4 Å². The van der Waals surface area contributed by atoms with Gasteiger partial charge >= 0.3 is 23.9 Å². The molecule has 0 aliphatic heterocycles. The molecule has 10 heteroatoms. The highest BCUT2D eigenvalue weighted by Gasteiger charge is 2.83. The lowest BCUT2D eigenvalue weighted by molar-refractivity contribution is -0.387. The Labute approximate surface area is 142 Å². The summed E-state index contributed by atoms with van der Waals surface area (Å²) in [6.45, 7) is 1.88. The first-order valence-corrected chi connectivity index (χ1v) is 7.04. The van der Waals surface area contributed by atoms with Crippen LogP contribution in [-0.2, 0) is 11.2 Å². The summed E-state index contributed by atoms with van der Waals surface area (Å²) in [7, 11) is 0. The van der Waals surface area contributed by atoms with Gasteiger partial charge in [-0.2, -0.15) is 39.5 Å². The molecule has 0 heterocycles. The number of ketones is 1. The van der Waals surface area contributed by atoms with Crippen LogP contribution in [0.2, 0.25) is 0 Å². The lowest BCUT2D eigenvalue weighted by atomic mass is 10.00. The van der Waals surface area contributed by atoms with Crippen LogP contribution < -0.4 is 0 Å². The predicted molar refractivity (Wildman–Crippen MR) is 73.2 cm³/mol. The van der Waals surface area contributed by atoms with E-state index in [1.165, 1.54) is 24.3 Å². The summed E-state index contributed by atoms with van der Waals surface area (Å²) in [6.07, 6.45) is -5.52. The van der Waals surface area contributed by atoms with Crippen LogP contribution in [0.15, 0.2) is 24.3 Å². The number of hydrogen-bond acceptors (Lipinski definition) is 1. The molecule has 0 saturated carbocycles. The molecular formula is C16H11F9O. The third kappa shape index (κ3) is 3.97. The highest BCUT2D eigenvalue weighted by molar-refractivity contribution is 6.02. The number of Topliss-reactive ketones (excluding diaryl/α,β-unsaturated/α-hetero) is 1. The second-order valence-corrected chi connectivity index (χ2v) is 5.25. The highest BCUT2D eigenvalue weighted by Crippen LogP contribution is 2.53. The first kappa shape index (κ1) is 21.9. The van der Waals surface area contributed by atoms with E-state index in [4.69, 9.17) is 0 Å². The van der Waals surface area contributed by atoms with Crippen LogP contribution in [0.25, 0.3) is 0 Å². The van der Waals surface area contributed by atoms with E-state index in [1.54, 1.807) is 5.92 Å². The Balaban J connectivity index is 3.12. The minimum Gasteiger partial charge on any atom is -0.278 e. The molecule has 0 aliphatic carbocycles. The number of carbonyl (C=O) groups is 1. The molecule has 1 aromatic carbocycles. The molecule has 0 spiro atoms. The van der Waals surface area contributed by atoms with E-state index in [0.717, 1.165) is 17.9 Å². The summed E-state index contributed by atoms with van der Waals surface area (Å²) < 4.78 is 114. The minimum atomic E-state index is -7.12. The molecule has 0 atom stereocenters. The van der Waals surface area contributed by atoms with E-state index in [0.29, 0.717) is 6.42 Å². The number of rotatable bonds is 5. The molecule has 0 saturated heterocycles. The van der Waals surface area contributed by atoms with E-state index in [2.05, 4.69) is 0 Å². The van der Waals surface area contributed by atoms with Gasteiger partial charge in [0, 0.05) is 5.56 Å². The molecule has 0 bridgehead atoms. The Morgan fingerprint density at radius 3 is 1.81 bits per heavy atom. The number of aryl methyl sites for hydroxylation is 1. The van der Waals surface area contributed by atoms with Gasteiger partial charge < -0.3 is 0 Å². The third-order valence-corrected chi connectivity index (χ3v) is 3.24. The van der Waals surface area contributed by atoms with Crippen molar-refractivity contribution in [2.24, 2.45) is 0 Å². The highest BCUT2D eigenvalue weighted by atomic mass is 19.4. The summed E-state index contributed by atoms with van der Waals surface area (Å²) in [5.41, 5.74) is 0.742. The quantitative estimate of drug-likeness (QED) is 0.509. The Bertz CT molecular complexity index is 706. The summed E-state index contributed by atoms with van der Waals surface area (Å²) in [5, 5.41) is 0. The van der Waals surface area contributed by atoms with Crippen LogP contribution >= 0.6 is 0 Å². The molecule has 0 aromatic heterocycles. The lowest BCUT2D eigenvalue weighted by Gasteiger charge is -2.31. The number of halogens is 9. The zero-order valence-corrected chi connectivity index (χ0v) is 13.0. The van der Waals surface area contributed by atoms with Gasteiger partial charge in [-0.3, -0.25) is 4.79 Å². The fraction of sp³-hybridized carbons (Fsp3) is 0.438. The van der Waals surface area contributed by atoms with Crippen LogP contribution in [-0.4, -0.2) is 29.7 Å². The van der Waals surface area contributed by atoms with Gasteiger partial charge in [0.15, 0.2) is 0 Å². The Kier molecular flexibility index (Phi) is 6.06. The maximum absolute atomic E-state index is 13.3. The standard InChI is InChI=1S/C16H11F9O/c1-2-3-10-4-6-11(7-5-10)8-9-12(26)13(17,18)14(19,20)15(21,22)16(23,24)25/h4-7H,2-3H2,1H3. The van der Waals surface area contributed by atoms with E-state index < -0.39 is 29.7 Å². The van der Waals surface area contributed by atoms with E-state index in [9.17, 15) is 44.3 Å². The average molecular weight is 390 g/mol. The fourth-order valence-corrected chi connectivity index (χ4v) is 1.77. The Morgan fingerprint density at radius 2 is 1.38 bits per heavy atom. The Hall–Kier alpha value is -2.18. The van der Waals surface area contributed by atoms with Crippen LogP contribution in [0.1, 0.15) is 24.5 Å². The van der Waals surface area contributed by atoms with Crippen molar-refractivity contribution in [2.45, 2.75) is 43.7 Å². The molecule has 0 N–H and O–H groups in total. The maximum atomic E-state index is 13.3. The van der Waals surface area contributed by atoms with Crippen LogP contribution in [0.5, 0.6) is 0 Å². The van der Waals surface area contributed by atoms with Gasteiger partial charge in [0.05, 0.1) is 0 Å². The van der Waals surface area contributed by atoms with Crippen molar-refractivity contribution >= 4 is 5.78 Å². The summed E-state index contributed by atoms with van der Waals surface area (Å²) >= 11 is 0. The van der Waals surface area contributed by atoms with Crippen molar-refractivity contribution in [3.05, 3.63) is 35.4 Å². The molecule has 0 amide bonds. The molecule has 1 rings (SSSR count). The molecule has 0 radical (unpaired) electrons. The lowest BCUT2D eigenvalue weighted by Crippen LogP contribution is -2.63. The molecule has 144 valence electrons. The predicted octanol–water partition coefficient (Wildman–Crippen LogP) is 5.03. The Morgan fingerprint density at radius 1 is 0.885 bits per heavy atom. The topological polar surface area (TPSA) is 17.1 Å². The minimum absolute atomic E-state index is 0.0834. The monoisotopic (exact) mass is 390 g/mol. The zero-order chi connectivity index (χ0) is 20.4. The van der Waals surface area contributed by atoms with Crippen LogP contribution in [0, 0.1) is 11.8 Å². The second kappa shape index (κ2) is 7.21. The van der Waals surface area contributed by atoms with E-state index >= 15 is 0 Å². The van der Waals surface area contributed by atoms with Gasteiger partial charge in [-0.05, 0) is 30.0 Å². The fourth-order valence-electron chi connectivity index (χ4n) is 1.77. The number of benzene rings is 1. The van der Waals surface area contributed by atoms with E-state index in [1.807, 2.05) is 6.92 Å². The number of carbonyl (C=O) groups excluding carboxylic acids is 1. The van der Waals surface area contributed by atoms with Gasteiger partial charge in [0.25, 0.3) is 5.78 Å². The van der Waals surface area contributed by atoms with Crippen molar-refractivity contribution in [3.8, 4) is 11.8 Å². The smallest absolute Gasteiger partial charge is 0.278 e. The molecular weight excluding hydrogens is 379 g/mol. The van der Waals surface area contributed by atoms with Gasteiger partial charge in [0.1, 0.15) is 0 Å². The summed E-state index contributed by atoms with van der Waals surface area (Å²) in [5.74, 6) is -20.8. The SMILES string of the molecule is CCCc1ccc(C#CC(=O)C(F)(F)C(F)(F)C(F)(F)C(F)(F)F)cc1. The van der Waals surface area contributed by atoms with Crippen molar-refractivity contribution in [2.75, 3.05) is 0 Å². The maximum Gasteiger partial charge on any atom is 0.460 e. The van der Waals surface area contributed by atoms with Crippen LogP contribution in [0.3, 0.4) is 0 Å². The normalized spacial score (nSPS) is 13.2. The molecule has 0 aliphatic rings. The van der Waals surface area contributed by atoms with Crippen molar-refractivity contribution in [3.63, 3.8) is 0 Å². The first-order chi connectivity index (χ1) is 11.7. The second-order valence-electron chi connectivity index (χ2n) is 5.25. The van der Waals surface area contributed by atoms with Crippen molar-refractivity contribution in [1.29, 1.82) is 0 Å². The van der Waals surface area contributed by atoms with Crippen molar-refractivity contribution < 1.29 is 44.3 Å². The number of hydrogen-bond donors (Lipinski definition) is 0. The summed E-state index contributed by atoms with van der Waals surface area (Å²) in [4.78, 5) is 11.1. The molecule has 1 nitrogen and oxygen atoms in total. The number of alkyl halides is 9. The summed E-state index contributed by atoms with van der Waals surface area (Å²) in [6, 6.07) is 5.52. The molecule has 0 unspecified atom stereocenters. The van der Waals surface area contributed by atoms with Gasteiger partial charge in [-0.15, -0.1) is 0 Å². The van der Waals surface area contributed by atoms with Crippen molar-refractivity contribution in [1.82, 2.24) is 0 Å². The third-order valence-electron chi connectivity index (χ3n) is 3.24. The molecule has 0 fully saturated rings. The van der Waals surface area contributed by atoms with Gasteiger partial charge in [0.2, 0.25) is 0 Å². The first-order valence-electron chi connectivity index (χ1n) is 7.04. The average Bonchev–Trinajstić information content (AvgIpc) is 2.52. The van der Waals surface area contributed by atoms with Crippen LogP contribution in [0.4, 0.5) is 39.5 Å². The van der Waals surface area contributed by atoms with Gasteiger partial charge in [-0.25, -0.2) is 0 Å². The largest absolute Gasteiger partial charge is 0.460 e. The zero-order valence-electron chi connectivity index (χ0n) is 13.0. The molecule has 1 aromatic rings.